The quantitative estimate of drug-likeness (QED) is 0.858. The fourth-order valence-corrected chi connectivity index (χ4v) is 2.51. The van der Waals surface area contributed by atoms with Gasteiger partial charge in [0, 0.05) is 28.7 Å². The second-order valence-electron chi connectivity index (χ2n) is 3.91. The van der Waals surface area contributed by atoms with E-state index >= 15 is 0 Å². The monoisotopic (exact) mass is 238 g/mol. The molecule has 3 N–H and O–H groups in total. The largest absolute Gasteiger partial charge is 0.329 e. The summed E-state index contributed by atoms with van der Waals surface area (Å²) in [5, 5.41) is 4.29. The molecule has 0 aliphatic heterocycles. The Morgan fingerprint density at radius 3 is 3.00 bits per heavy atom. The highest BCUT2D eigenvalue weighted by Crippen LogP contribution is 2.26. The molecule has 0 aliphatic rings. The van der Waals surface area contributed by atoms with Crippen molar-refractivity contribution in [3.63, 3.8) is 0 Å². The van der Waals surface area contributed by atoms with Crippen molar-refractivity contribution in [2.45, 2.75) is 19.5 Å². The average Bonchev–Trinajstić information content (AvgIpc) is 2.67. The Bertz CT molecular complexity index is 481. The van der Waals surface area contributed by atoms with Crippen molar-refractivity contribution in [3.8, 4) is 0 Å². The summed E-state index contributed by atoms with van der Waals surface area (Å²) in [6.07, 6.45) is 0. The van der Waals surface area contributed by atoms with Crippen molar-refractivity contribution in [3.05, 3.63) is 35.0 Å². The maximum absolute atomic E-state index is 13.0. The van der Waals surface area contributed by atoms with Crippen molar-refractivity contribution >= 4 is 21.4 Å². The van der Waals surface area contributed by atoms with Crippen LogP contribution in [0.4, 0.5) is 4.39 Å². The Hall–Kier alpha value is -0.970. The third-order valence-electron chi connectivity index (χ3n) is 2.51. The minimum absolute atomic E-state index is 0.180. The van der Waals surface area contributed by atoms with Crippen LogP contribution in [0, 0.1) is 5.82 Å². The molecule has 2 aromatic rings. The number of benzene rings is 1. The Kier molecular flexibility index (Phi) is 3.53. The van der Waals surface area contributed by atoms with Gasteiger partial charge in [0.25, 0.3) is 0 Å². The van der Waals surface area contributed by atoms with Gasteiger partial charge in [-0.05, 0) is 36.6 Å². The number of nitrogens with two attached hydrogens (primary N) is 1. The predicted molar refractivity (Wildman–Crippen MR) is 67.1 cm³/mol. The third-order valence-corrected chi connectivity index (χ3v) is 3.62. The van der Waals surface area contributed by atoms with Crippen LogP contribution < -0.4 is 11.1 Å². The Labute approximate surface area is 98.3 Å². The van der Waals surface area contributed by atoms with Crippen molar-refractivity contribution in [2.24, 2.45) is 5.73 Å². The van der Waals surface area contributed by atoms with Crippen LogP contribution in [-0.4, -0.2) is 12.6 Å². The molecule has 2 rings (SSSR count). The highest BCUT2D eigenvalue weighted by atomic mass is 32.1. The maximum Gasteiger partial charge on any atom is 0.123 e. The van der Waals surface area contributed by atoms with Crippen LogP contribution in [-0.2, 0) is 6.54 Å². The van der Waals surface area contributed by atoms with E-state index < -0.39 is 0 Å². The molecule has 0 radical (unpaired) electrons. The summed E-state index contributed by atoms with van der Waals surface area (Å²) in [6, 6.07) is 7.23. The van der Waals surface area contributed by atoms with E-state index in [9.17, 15) is 4.39 Å². The highest BCUT2D eigenvalue weighted by molar-refractivity contribution is 7.19. The van der Waals surface area contributed by atoms with E-state index in [4.69, 9.17) is 5.73 Å². The molecule has 0 aliphatic carbocycles. The summed E-state index contributed by atoms with van der Waals surface area (Å²) in [7, 11) is 0. The van der Waals surface area contributed by atoms with E-state index in [1.54, 1.807) is 17.4 Å². The lowest BCUT2D eigenvalue weighted by Crippen LogP contribution is -2.32. The van der Waals surface area contributed by atoms with E-state index in [1.165, 1.54) is 10.9 Å². The topological polar surface area (TPSA) is 38.0 Å². The highest BCUT2D eigenvalue weighted by Gasteiger charge is 2.04. The molecule has 2 nitrogen and oxygen atoms in total. The fraction of sp³-hybridized carbons (Fsp3) is 0.333. The summed E-state index contributed by atoms with van der Waals surface area (Å²) < 4.78 is 14.1. The first-order valence-corrected chi connectivity index (χ1v) is 6.12. The van der Waals surface area contributed by atoms with Gasteiger partial charge in [-0.3, -0.25) is 0 Å². The van der Waals surface area contributed by atoms with Crippen molar-refractivity contribution in [1.82, 2.24) is 5.32 Å². The molecule has 0 spiro atoms. The second kappa shape index (κ2) is 4.91. The molecule has 1 atom stereocenters. The molecule has 0 bridgehead atoms. The third kappa shape index (κ3) is 2.58. The molecule has 1 heterocycles. The number of rotatable bonds is 4. The van der Waals surface area contributed by atoms with Crippen molar-refractivity contribution in [2.75, 3.05) is 6.54 Å². The van der Waals surface area contributed by atoms with Gasteiger partial charge < -0.3 is 11.1 Å². The molecule has 0 saturated heterocycles. The summed E-state index contributed by atoms with van der Waals surface area (Å²) in [6.45, 7) is 3.46. The van der Waals surface area contributed by atoms with E-state index in [-0.39, 0.29) is 5.82 Å². The number of nitrogens with one attached hydrogen (secondary N) is 1. The zero-order valence-electron chi connectivity index (χ0n) is 9.16. The molecule has 0 saturated carbocycles. The minimum Gasteiger partial charge on any atom is -0.329 e. The van der Waals surface area contributed by atoms with Crippen LogP contribution in [0.5, 0.6) is 0 Å². The van der Waals surface area contributed by atoms with Crippen molar-refractivity contribution in [1.29, 1.82) is 0 Å². The van der Waals surface area contributed by atoms with Gasteiger partial charge in [-0.15, -0.1) is 11.3 Å². The maximum atomic E-state index is 13.0. The average molecular weight is 238 g/mol. The lowest BCUT2D eigenvalue weighted by atomic mass is 10.2. The molecule has 1 aromatic carbocycles. The van der Waals surface area contributed by atoms with E-state index in [1.807, 2.05) is 19.1 Å². The number of fused-ring (bicyclic) bond motifs is 1. The first-order valence-electron chi connectivity index (χ1n) is 5.30. The van der Waals surface area contributed by atoms with Crippen LogP contribution in [0.25, 0.3) is 10.1 Å². The summed E-state index contributed by atoms with van der Waals surface area (Å²) >= 11 is 1.69. The Morgan fingerprint density at radius 1 is 1.44 bits per heavy atom. The summed E-state index contributed by atoms with van der Waals surface area (Å²) in [5.74, 6) is -0.180. The number of hydrogen-bond donors (Lipinski definition) is 2. The molecular formula is C12H15FN2S. The van der Waals surface area contributed by atoms with Crippen LogP contribution >= 0.6 is 11.3 Å². The number of halogens is 1. The number of thiophene rings is 1. The standard InChI is InChI=1S/C12H15FN2S/c1-8(6-14)15-7-11-5-9-4-10(13)2-3-12(9)16-11/h2-5,8,15H,6-7,14H2,1H3/t8-/m0/s1. The smallest absolute Gasteiger partial charge is 0.123 e. The zero-order valence-corrected chi connectivity index (χ0v) is 9.98. The van der Waals surface area contributed by atoms with E-state index in [0.29, 0.717) is 12.6 Å². The van der Waals surface area contributed by atoms with E-state index in [0.717, 1.165) is 16.6 Å². The van der Waals surface area contributed by atoms with Crippen LogP contribution in [0.1, 0.15) is 11.8 Å². The van der Waals surface area contributed by atoms with Crippen LogP contribution in [0.3, 0.4) is 0 Å². The predicted octanol–water partition coefficient (Wildman–Crippen LogP) is 2.48. The number of hydrogen-bond acceptors (Lipinski definition) is 3. The Balaban J connectivity index is 2.13. The van der Waals surface area contributed by atoms with Gasteiger partial charge in [-0.25, -0.2) is 4.39 Å². The van der Waals surface area contributed by atoms with Gasteiger partial charge in [-0.1, -0.05) is 0 Å². The van der Waals surface area contributed by atoms with Gasteiger partial charge in [-0.2, -0.15) is 0 Å². The molecule has 16 heavy (non-hydrogen) atoms. The molecule has 0 fully saturated rings. The second-order valence-corrected chi connectivity index (χ2v) is 5.08. The van der Waals surface area contributed by atoms with E-state index in [2.05, 4.69) is 5.32 Å². The van der Waals surface area contributed by atoms with Gasteiger partial charge in [0.15, 0.2) is 0 Å². The zero-order chi connectivity index (χ0) is 11.5. The summed E-state index contributed by atoms with van der Waals surface area (Å²) in [5.41, 5.74) is 5.52. The Morgan fingerprint density at radius 2 is 2.25 bits per heavy atom. The molecule has 0 unspecified atom stereocenters. The van der Waals surface area contributed by atoms with Crippen LogP contribution in [0.15, 0.2) is 24.3 Å². The lowest BCUT2D eigenvalue weighted by molar-refractivity contribution is 0.560. The first-order chi connectivity index (χ1) is 7.69. The molecule has 4 heteroatoms. The fourth-order valence-electron chi connectivity index (χ4n) is 1.51. The van der Waals surface area contributed by atoms with Gasteiger partial charge in [0.1, 0.15) is 5.82 Å². The van der Waals surface area contributed by atoms with Crippen LogP contribution in [0.2, 0.25) is 0 Å². The van der Waals surface area contributed by atoms with Gasteiger partial charge >= 0.3 is 0 Å². The first kappa shape index (κ1) is 11.5. The van der Waals surface area contributed by atoms with Crippen molar-refractivity contribution < 1.29 is 4.39 Å². The molecule has 1 aromatic heterocycles. The molecular weight excluding hydrogens is 223 g/mol. The molecule has 86 valence electrons. The normalized spacial score (nSPS) is 13.2. The lowest BCUT2D eigenvalue weighted by Gasteiger charge is -2.08. The van der Waals surface area contributed by atoms with Gasteiger partial charge in [0.2, 0.25) is 0 Å². The minimum atomic E-state index is -0.180. The summed E-state index contributed by atoms with van der Waals surface area (Å²) in [4.78, 5) is 1.21. The molecule has 0 amide bonds. The van der Waals surface area contributed by atoms with Gasteiger partial charge in [0.05, 0.1) is 0 Å². The SMILES string of the molecule is C[C@@H](CN)NCc1cc2cc(F)ccc2s1.